The predicted molar refractivity (Wildman–Crippen MR) is 99.3 cm³/mol. The van der Waals surface area contributed by atoms with E-state index in [0.717, 1.165) is 11.1 Å². The van der Waals surface area contributed by atoms with Crippen LogP contribution in [0.1, 0.15) is 11.1 Å². The molecule has 0 aliphatic heterocycles. The SMILES string of the molecule is O=C(Cc1ccsc1)OCc1ccc2cc3ccccc3cc2c1. The molecule has 0 spiro atoms. The number of rotatable bonds is 4. The first kappa shape index (κ1) is 14.9. The van der Waals surface area contributed by atoms with Crippen LogP contribution in [0.4, 0.5) is 0 Å². The normalized spacial score (nSPS) is 11.0. The van der Waals surface area contributed by atoms with Crippen LogP contribution in [0.15, 0.2) is 71.4 Å². The summed E-state index contributed by atoms with van der Waals surface area (Å²) in [5.41, 5.74) is 2.02. The molecule has 0 saturated heterocycles. The maximum atomic E-state index is 11.9. The van der Waals surface area contributed by atoms with Gasteiger partial charge in [-0.25, -0.2) is 0 Å². The number of thiophene rings is 1. The third-order valence-electron chi connectivity index (χ3n) is 4.10. The number of carbonyl (C=O) groups is 1. The van der Waals surface area contributed by atoms with Crippen molar-refractivity contribution in [1.82, 2.24) is 0 Å². The number of fused-ring (bicyclic) bond motifs is 2. The molecule has 0 aliphatic carbocycles. The van der Waals surface area contributed by atoms with Gasteiger partial charge in [-0.3, -0.25) is 4.79 Å². The fourth-order valence-corrected chi connectivity index (χ4v) is 3.52. The summed E-state index contributed by atoms with van der Waals surface area (Å²) in [6, 6.07) is 20.9. The molecule has 1 heterocycles. The summed E-state index contributed by atoms with van der Waals surface area (Å²) in [4.78, 5) is 11.9. The zero-order valence-electron chi connectivity index (χ0n) is 13.1. The number of ether oxygens (including phenoxy) is 1. The topological polar surface area (TPSA) is 26.3 Å². The lowest BCUT2D eigenvalue weighted by Crippen LogP contribution is -2.07. The molecule has 3 heteroatoms. The van der Waals surface area contributed by atoms with Crippen molar-refractivity contribution in [3.8, 4) is 0 Å². The van der Waals surface area contributed by atoms with Crippen LogP contribution >= 0.6 is 11.3 Å². The smallest absolute Gasteiger partial charge is 0.310 e. The zero-order valence-corrected chi connectivity index (χ0v) is 13.9. The van der Waals surface area contributed by atoms with Gasteiger partial charge in [-0.05, 0) is 67.7 Å². The van der Waals surface area contributed by atoms with Crippen LogP contribution in [-0.4, -0.2) is 5.97 Å². The summed E-state index contributed by atoms with van der Waals surface area (Å²) in [5, 5.41) is 8.76. The Morgan fingerprint density at radius 3 is 2.33 bits per heavy atom. The summed E-state index contributed by atoms with van der Waals surface area (Å²) >= 11 is 1.59. The minimum Gasteiger partial charge on any atom is -0.461 e. The van der Waals surface area contributed by atoms with Crippen LogP contribution in [0.2, 0.25) is 0 Å². The van der Waals surface area contributed by atoms with Crippen molar-refractivity contribution in [3.63, 3.8) is 0 Å². The Hall–Kier alpha value is -2.65. The number of esters is 1. The van der Waals surface area contributed by atoms with Crippen LogP contribution in [-0.2, 0) is 22.6 Å². The third kappa shape index (κ3) is 3.17. The van der Waals surface area contributed by atoms with Crippen molar-refractivity contribution >= 4 is 38.9 Å². The Kier molecular flexibility index (Phi) is 4.01. The molecule has 2 nitrogen and oxygen atoms in total. The van der Waals surface area contributed by atoms with Crippen molar-refractivity contribution < 1.29 is 9.53 Å². The number of hydrogen-bond donors (Lipinski definition) is 0. The number of carbonyl (C=O) groups excluding carboxylic acids is 1. The predicted octanol–water partition coefficient (Wildman–Crippen LogP) is 5.34. The van der Waals surface area contributed by atoms with E-state index in [0.29, 0.717) is 13.0 Å². The summed E-state index contributed by atoms with van der Waals surface area (Å²) in [6.45, 7) is 0.311. The van der Waals surface area contributed by atoms with Crippen molar-refractivity contribution in [2.24, 2.45) is 0 Å². The van der Waals surface area contributed by atoms with Crippen molar-refractivity contribution in [3.05, 3.63) is 82.6 Å². The zero-order chi connectivity index (χ0) is 16.4. The second kappa shape index (κ2) is 6.46. The molecule has 118 valence electrons. The molecule has 0 fully saturated rings. The molecule has 24 heavy (non-hydrogen) atoms. The van der Waals surface area contributed by atoms with Gasteiger partial charge in [0.25, 0.3) is 0 Å². The van der Waals surface area contributed by atoms with Crippen molar-refractivity contribution in [2.45, 2.75) is 13.0 Å². The summed E-state index contributed by atoms with van der Waals surface area (Å²) < 4.78 is 5.40. The molecule has 0 unspecified atom stereocenters. The lowest BCUT2D eigenvalue weighted by Gasteiger charge is -2.07. The highest BCUT2D eigenvalue weighted by molar-refractivity contribution is 7.08. The standard InChI is InChI=1S/C21H16O2S/c22-21(10-16-7-8-24-14-16)23-13-15-5-6-19-11-17-3-1-2-4-18(17)12-20(19)9-15/h1-9,11-12,14H,10,13H2. The molecule has 0 radical (unpaired) electrons. The number of hydrogen-bond acceptors (Lipinski definition) is 3. The van der Waals surface area contributed by atoms with E-state index in [-0.39, 0.29) is 5.97 Å². The van der Waals surface area contributed by atoms with Gasteiger partial charge in [0.05, 0.1) is 6.42 Å². The Morgan fingerprint density at radius 1 is 0.833 bits per heavy atom. The second-order valence-corrected chi connectivity index (χ2v) is 6.63. The quantitative estimate of drug-likeness (QED) is 0.372. The number of benzene rings is 3. The Labute approximate surface area is 144 Å². The lowest BCUT2D eigenvalue weighted by atomic mass is 10.0. The van der Waals surface area contributed by atoms with Gasteiger partial charge in [0.1, 0.15) is 6.61 Å². The molecule has 0 saturated carbocycles. The highest BCUT2D eigenvalue weighted by Gasteiger charge is 2.06. The van der Waals surface area contributed by atoms with Crippen molar-refractivity contribution in [2.75, 3.05) is 0 Å². The minimum atomic E-state index is -0.188. The van der Waals surface area contributed by atoms with Gasteiger partial charge < -0.3 is 4.74 Å². The Bertz CT molecular complexity index is 1000. The van der Waals surface area contributed by atoms with E-state index in [4.69, 9.17) is 4.74 Å². The summed E-state index contributed by atoms with van der Waals surface area (Å²) in [7, 11) is 0. The first-order chi connectivity index (χ1) is 11.8. The van der Waals surface area contributed by atoms with Crippen LogP contribution < -0.4 is 0 Å². The van der Waals surface area contributed by atoms with Gasteiger partial charge in [0.2, 0.25) is 0 Å². The monoisotopic (exact) mass is 332 g/mol. The second-order valence-electron chi connectivity index (χ2n) is 5.85. The van der Waals surface area contributed by atoms with E-state index < -0.39 is 0 Å². The third-order valence-corrected chi connectivity index (χ3v) is 4.83. The largest absolute Gasteiger partial charge is 0.461 e. The summed E-state index contributed by atoms with van der Waals surface area (Å²) in [5.74, 6) is -0.188. The Balaban J connectivity index is 1.52. The van der Waals surface area contributed by atoms with Crippen LogP contribution in [0.25, 0.3) is 21.5 Å². The van der Waals surface area contributed by atoms with E-state index in [1.165, 1.54) is 21.5 Å². The van der Waals surface area contributed by atoms with Crippen molar-refractivity contribution in [1.29, 1.82) is 0 Å². The molecular weight excluding hydrogens is 316 g/mol. The average Bonchev–Trinajstić information content (AvgIpc) is 3.11. The Morgan fingerprint density at radius 2 is 1.58 bits per heavy atom. The van der Waals surface area contributed by atoms with Gasteiger partial charge in [0.15, 0.2) is 0 Å². The molecule has 3 aromatic carbocycles. The highest BCUT2D eigenvalue weighted by atomic mass is 32.1. The van der Waals surface area contributed by atoms with Gasteiger partial charge in [-0.15, -0.1) is 0 Å². The first-order valence-corrected chi connectivity index (χ1v) is 8.80. The van der Waals surface area contributed by atoms with E-state index in [1.807, 2.05) is 29.0 Å². The van der Waals surface area contributed by atoms with E-state index >= 15 is 0 Å². The minimum absolute atomic E-state index is 0.188. The average molecular weight is 332 g/mol. The van der Waals surface area contributed by atoms with Gasteiger partial charge in [0, 0.05) is 0 Å². The van der Waals surface area contributed by atoms with E-state index in [1.54, 1.807) is 11.3 Å². The first-order valence-electron chi connectivity index (χ1n) is 7.86. The molecule has 0 bridgehead atoms. The fourth-order valence-electron chi connectivity index (χ4n) is 2.85. The van der Waals surface area contributed by atoms with Gasteiger partial charge in [-0.2, -0.15) is 11.3 Å². The maximum Gasteiger partial charge on any atom is 0.310 e. The van der Waals surface area contributed by atoms with Crippen LogP contribution in [0.5, 0.6) is 0 Å². The van der Waals surface area contributed by atoms with Gasteiger partial charge in [-0.1, -0.05) is 36.4 Å². The lowest BCUT2D eigenvalue weighted by molar-refractivity contribution is -0.144. The van der Waals surface area contributed by atoms with Crippen LogP contribution in [0.3, 0.4) is 0 Å². The molecule has 0 N–H and O–H groups in total. The maximum absolute atomic E-state index is 11.9. The van der Waals surface area contributed by atoms with Crippen LogP contribution in [0, 0.1) is 0 Å². The molecule has 0 aliphatic rings. The van der Waals surface area contributed by atoms with Gasteiger partial charge >= 0.3 is 5.97 Å². The van der Waals surface area contributed by atoms with E-state index in [2.05, 4.69) is 42.5 Å². The van der Waals surface area contributed by atoms with E-state index in [9.17, 15) is 4.79 Å². The summed E-state index contributed by atoms with van der Waals surface area (Å²) in [6.07, 6.45) is 0.335. The molecule has 1 aromatic heterocycles. The molecule has 4 rings (SSSR count). The highest BCUT2D eigenvalue weighted by Crippen LogP contribution is 2.24. The fraction of sp³-hybridized carbons (Fsp3) is 0.0952. The molecular formula is C21H16O2S. The molecule has 0 atom stereocenters. The molecule has 4 aromatic rings. The molecule has 0 amide bonds.